The average Bonchev–Trinajstić information content (AvgIpc) is 2.60. The van der Waals surface area contributed by atoms with E-state index in [9.17, 15) is 18.0 Å². The van der Waals surface area contributed by atoms with E-state index >= 15 is 0 Å². The lowest BCUT2D eigenvalue weighted by Crippen LogP contribution is -2.05. The Balaban J connectivity index is 2.33. The van der Waals surface area contributed by atoms with Crippen molar-refractivity contribution < 1.29 is 27.4 Å². The Morgan fingerprint density at radius 2 is 2.04 bits per heavy atom. The third-order valence-corrected chi connectivity index (χ3v) is 3.96. The molecule has 2 rings (SSSR count). The fourth-order valence-corrected chi connectivity index (χ4v) is 2.54. The van der Waals surface area contributed by atoms with Gasteiger partial charge in [0, 0.05) is 18.9 Å². The molecule has 8 heteroatoms. The molecule has 0 aliphatic rings. The van der Waals surface area contributed by atoms with Crippen LogP contribution < -0.4 is 4.74 Å². The number of carbonyl (C=O) groups excluding carboxylic acids is 1. The van der Waals surface area contributed by atoms with Gasteiger partial charge >= 0.3 is 5.97 Å². The molecule has 0 heterocycles. The van der Waals surface area contributed by atoms with Crippen molar-refractivity contribution in [3.8, 4) is 17.6 Å². The van der Waals surface area contributed by atoms with Crippen LogP contribution in [0.3, 0.4) is 0 Å². The Morgan fingerprint density at radius 3 is 2.65 bits per heavy atom. The number of benzene rings is 2. The maximum absolute atomic E-state index is 14.7. The second-order valence-electron chi connectivity index (χ2n) is 5.24. The third kappa shape index (κ3) is 4.99. The quantitative estimate of drug-likeness (QED) is 0.587. The summed E-state index contributed by atoms with van der Waals surface area (Å²) in [6.45, 7) is 1.24. The van der Waals surface area contributed by atoms with E-state index < -0.39 is 23.8 Å². The molecule has 0 saturated carbocycles. The van der Waals surface area contributed by atoms with Gasteiger partial charge in [-0.25, -0.2) is 13.2 Å². The monoisotopic (exact) mass is 427 g/mol. The van der Waals surface area contributed by atoms with Crippen LogP contribution in [-0.4, -0.2) is 12.6 Å². The summed E-state index contributed by atoms with van der Waals surface area (Å²) in [5.41, 5.74) is -0.197. The van der Waals surface area contributed by atoms with E-state index in [1.54, 1.807) is 6.07 Å². The van der Waals surface area contributed by atoms with Crippen molar-refractivity contribution in [3.63, 3.8) is 0 Å². The number of alkyl halides is 2. The molecular formula is C18H13BrF3NO3. The lowest BCUT2D eigenvalue weighted by Gasteiger charge is -2.13. The normalized spacial score (nSPS) is 10.5. The highest BCUT2D eigenvalue weighted by Crippen LogP contribution is 2.36. The highest BCUT2D eigenvalue weighted by atomic mass is 79.9. The molecular weight excluding hydrogens is 415 g/mol. The summed E-state index contributed by atoms with van der Waals surface area (Å²) >= 11 is 3.15. The second-order valence-corrected chi connectivity index (χ2v) is 6.10. The second kappa shape index (κ2) is 8.72. The maximum Gasteiger partial charge on any atom is 0.302 e. The molecule has 0 unspecified atom stereocenters. The molecule has 136 valence electrons. The van der Waals surface area contributed by atoms with Crippen LogP contribution in [0, 0.1) is 17.1 Å². The molecule has 0 spiro atoms. The molecule has 26 heavy (non-hydrogen) atoms. The molecule has 0 aliphatic heterocycles. The molecule has 0 fully saturated rings. The minimum absolute atomic E-state index is 0.00717. The van der Waals surface area contributed by atoms with E-state index in [0.717, 1.165) is 12.1 Å². The first-order chi connectivity index (χ1) is 12.3. The number of carbonyl (C=O) groups is 1. The van der Waals surface area contributed by atoms with E-state index in [2.05, 4.69) is 15.9 Å². The van der Waals surface area contributed by atoms with E-state index in [1.165, 1.54) is 25.1 Å². The largest absolute Gasteiger partial charge is 0.466 e. The lowest BCUT2D eigenvalue weighted by atomic mass is 10.1. The predicted molar refractivity (Wildman–Crippen MR) is 90.6 cm³/mol. The summed E-state index contributed by atoms with van der Waals surface area (Å²) in [6, 6.07) is 8.11. The fraction of sp³-hybridized carbons (Fsp3) is 0.222. The number of ether oxygens (including phenoxy) is 2. The molecule has 2 aromatic rings. The Kier molecular flexibility index (Phi) is 6.64. The number of rotatable bonds is 6. The van der Waals surface area contributed by atoms with Crippen LogP contribution >= 0.6 is 15.9 Å². The summed E-state index contributed by atoms with van der Waals surface area (Å²) in [7, 11) is 0. The molecule has 0 bridgehead atoms. The van der Waals surface area contributed by atoms with Gasteiger partial charge in [-0.05, 0) is 45.8 Å². The first kappa shape index (κ1) is 19.8. The van der Waals surface area contributed by atoms with Gasteiger partial charge in [0.1, 0.15) is 5.75 Å². The SMILES string of the molecule is CC(=O)OCCc1ccc(Br)c(Oc2cc(C#N)cc(C(F)F)c2)c1F. The molecule has 0 saturated heterocycles. The van der Waals surface area contributed by atoms with Gasteiger partial charge in [-0.15, -0.1) is 0 Å². The maximum atomic E-state index is 14.7. The fourth-order valence-electron chi connectivity index (χ4n) is 2.15. The minimum Gasteiger partial charge on any atom is -0.466 e. The molecule has 0 aromatic heterocycles. The zero-order valence-corrected chi connectivity index (χ0v) is 15.1. The number of esters is 1. The Bertz CT molecular complexity index is 865. The molecule has 0 atom stereocenters. The van der Waals surface area contributed by atoms with Crippen molar-refractivity contribution in [2.24, 2.45) is 0 Å². The third-order valence-electron chi connectivity index (χ3n) is 3.34. The van der Waals surface area contributed by atoms with Gasteiger partial charge < -0.3 is 9.47 Å². The highest BCUT2D eigenvalue weighted by Gasteiger charge is 2.17. The van der Waals surface area contributed by atoms with E-state index in [4.69, 9.17) is 14.7 Å². The topological polar surface area (TPSA) is 59.3 Å². The smallest absolute Gasteiger partial charge is 0.302 e. The van der Waals surface area contributed by atoms with Crippen molar-refractivity contribution in [3.05, 3.63) is 57.3 Å². The Labute approximate surface area is 156 Å². The zero-order valence-electron chi connectivity index (χ0n) is 13.6. The number of hydrogen-bond acceptors (Lipinski definition) is 4. The van der Waals surface area contributed by atoms with Crippen LogP contribution in [0.15, 0.2) is 34.8 Å². The summed E-state index contributed by atoms with van der Waals surface area (Å²) < 4.78 is 51.0. The van der Waals surface area contributed by atoms with Crippen molar-refractivity contribution >= 4 is 21.9 Å². The van der Waals surface area contributed by atoms with Gasteiger partial charge in [0.05, 0.1) is 22.7 Å². The summed E-state index contributed by atoms with van der Waals surface area (Å²) in [5.74, 6) is -1.49. The van der Waals surface area contributed by atoms with Gasteiger partial charge in [0.15, 0.2) is 11.6 Å². The average molecular weight is 428 g/mol. The predicted octanol–water partition coefficient (Wildman–Crippen LogP) is 5.30. The first-order valence-electron chi connectivity index (χ1n) is 7.43. The minimum atomic E-state index is -2.80. The summed E-state index contributed by atoms with van der Waals surface area (Å²) in [4.78, 5) is 10.8. The van der Waals surface area contributed by atoms with Crippen LogP contribution in [0.2, 0.25) is 0 Å². The lowest BCUT2D eigenvalue weighted by molar-refractivity contribution is -0.140. The molecule has 0 N–H and O–H groups in total. The zero-order chi connectivity index (χ0) is 19.3. The first-order valence-corrected chi connectivity index (χ1v) is 8.22. The van der Waals surface area contributed by atoms with Crippen LogP contribution in [0.1, 0.15) is 30.0 Å². The van der Waals surface area contributed by atoms with Crippen molar-refractivity contribution in [1.82, 2.24) is 0 Å². The van der Waals surface area contributed by atoms with E-state index in [0.29, 0.717) is 0 Å². The number of hydrogen-bond donors (Lipinski definition) is 0. The van der Waals surface area contributed by atoms with Crippen LogP contribution in [0.4, 0.5) is 13.2 Å². The van der Waals surface area contributed by atoms with Crippen molar-refractivity contribution in [2.45, 2.75) is 19.8 Å². The summed E-state index contributed by atoms with van der Waals surface area (Å²) in [6.07, 6.45) is -2.68. The van der Waals surface area contributed by atoms with Crippen LogP contribution in [-0.2, 0) is 16.0 Å². The molecule has 0 amide bonds. The number of halogens is 4. The molecule has 0 radical (unpaired) electrons. The van der Waals surface area contributed by atoms with Crippen LogP contribution in [0.5, 0.6) is 11.5 Å². The van der Waals surface area contributed by atoms with Gasteiger partial charge in [0.2, 0.25) is 0 Å². The summed E-state index contributed by atoms with van der Waals surface area (Å²) in [5, 5.41) is 8.95. The van der Waals surface area contributed by atoms with Crippen molar-refractivity contribution in [2.75, 3.05) is 6.61 Å². The molecule has 0 aliphatic carbocycles. The van der Waals surface area contributed by atoms with Crippen molar-refractivity contribution in [1.29, 1.82) is 5.26 Å². The highest BCUT2D eigenvalue weighted by molar-refractivity contribution is 9.10. The Hall–Kier alpha value is -2.53. The van der Waals surface area contributed by atoms with Crippen LogP contribution in [0.25, 0.3) is 0 Å². The van der Waals surface area contributed by atoms with Gasteiger partial charge in [-0.2, -0.15) is 5.26 Å². The van der Waals surface area contributed by atoms with E-state index in [-0.39, 0.29) is 40.1 Å². The van der Waals surface area contributed by atoms with Gasteiger partial charge in [-0.1, -0.05) is 6.07 Å². The number of nitriles is 1. The molecule has 2 aromatic carbocycles. The standard InChI is InChI=1S/C18H13BrF3NO3/c1-10(24)25-5-4-12-2-3-15(19)17(16(12)20)26-14-7-11(9-23)6-13(8-14)18(21)22/h2-3,6-8,18H,4-5H2,1H3. The van der Waals surface area contributed by atoms with Gasteiger partial charge in [-0.3, -0.25) is 4.79 Å². The molecule has 4 nitrogen and oxygen atoms in total. The Morgan fingerprint density at radius 1 is 1.31 bits per heavy atom. The van der Waals surface area contributed by atoms with Gasteiger partial charge in [0.25, 0.3) is 6.43 Å². The van der Waals surface area contributed by atoms with E-state index in [1.807, 2.05) is 0 Å². The number of nitrogens with zero attached hydrogens (tertiary/aromatic N) is 1.